The standard InChI is InChI=1S/C23H22F4N6O2/c1-13(24)22(35)32-10-15(11-32)33-21-17(31-8-2-3-16(34)12-31)6-7-28-20(21)19(30-33)14-4-5-18(29-9-14)23(25,26)27/h4-7,9,15-16,34H,1-3,8,10-12H2. The number of aromatic nitrogens is 4. The monoisotopic (exact) mass is 490 g/mol. The summed E-state index contributed by atoms with van der Waals surface area (Å²) < 4.78 is 54.0. The zero-order valence-electron chi connectivity index (χ0n) is 18.5. The maximum Gasteiger partial charge on any atom is 0.433 e. The highest BCUT2D eigenvalue weighted by atomic mass is 19.4. The zero-order chi connectivity index (χ0) is 24.9. The molecule has 5 heterocycles. The number of nitrogens with zero attached hydrogens (tertiary/aromatic N) is 6. The van der Waals surface area contributed by atoms with Crippen molar-refractivity contribution in [2.45, 2.75) is 31.2 Å². The second-order valence-corrected chi connectivity index (χ2v) is 8.76. The van der Waals surface area contributed by atoms with Crippen LogP contribution in [0.2, 0.25) is 0 Å². The van der Waals surface area contributed by atoms with Crippen LogP contribution in [0, 0.1) is 0 Å². The van der Waals surface area contributed by atoms with Crippen LogP contribution in [0.25, 0.3) is 22.3 Å². The molecule has 0 bridgehead atoms. The number of β-amino-alcohol motifs (C(OH)–C–C–N with tert-alkyl or cyclic N) is 1. The molecular weight excluding hydrogens is 468 g/mol. The highest BCUT2D eigenvalue weighted by molar-refractivity contribution is 5.97. The van der Waals surface area contributed by atoms with Gasteiger partial charge < -0.3 is 14.9 Å². The van der Waals surface area contributed by atoms with Gasteiger partial charge in [-0.1, -0.05) is 6.58 Å². The van der Waals surface area contributed by atoms with Gasteiger partial charge in [0.1, 0.15) is 22.4 Å². The number of anilines is 1. The number of hydrogen-bond acceptors (Lipinski definition) is 6. The van der Waals surface area contributed by atoms with E-state index >= 15 is 0 Å². The van der Waals surface area contributed by atoms with E-state index < -0.39 is 29.7 Å². The van der Waals surface area contributed by atoms with E-state index in [2.05, 4.69) is 21.6 Å². The topological polar surface area (TPSA) is 87.4 Å². The lowest BCUT2D eigenvalue weighted by atomic mass is 10.1. The number of carbonyl (C=O) groups is 1. The average Bonchev–Trinajstić information content (AvgIpc) is 3.17. The molecule has 184 valence electrons. The molecule has 2 fully saturated rings. The van der Waals surface area contributed by atoms with Crippen LogP contribution in [0.3, 0.4) is 0 Å². The van der Waals surface area contributed by atoms with Gasteiger partial charge in [0, 0.05) is 44.1 Å². The Balaban J connectivity index is 1.59. The maximum absolute atomic E-state index is 13.3. The summed E-state index contributed by atoms with van der Waals surface area (Å²) in [4.78, 5) is 23.3. The first-order chi connectivity index (χ1) is 16.6. The van der Waals surface area contributed by atoms with Crippen molar-refractivity contribution in [1.29, 1.82) is 0 Å². The van der Waals surface area contributed by atoms with Crippen molar-refractivity contribution >= 4 is 22.6 Å². The number of alkyl halides is 3. The lowest BCUT2D eigenvalue weighted by Gasteiger charge is -2.39. The van der Waals surface area contributed by atoms with Crippen molar-refractivity contribution < 1.29 is 27.5 Å². The first kappa shape index (κ1) is 23.2. The number of amides is 1. The van der Waals surface area contributed by atoms with Crippen LogP contribution < -0.4 is 4.90 Å². The molecule has 1 N–H and O–H groups in total. The third-order valence-electron chi connectivity index (χ3n) is 6.36. The van der Waals surface area contributed by atoms with Gasteiger partial charge in [-0.25, -0.2) is 4.39 Å². The molecule has 5 rings (SSSR count). The first-order valence-electron chi connectivity index (χ1n) is 11.1. The number of halogens is 4. The number of pyridine rings is 2. The van der Waals surface area contributed by atoms with E-state index in [1.54, 1.807) is 16.9 Å². The number of fused-ring (bicyclic) bond motifs is 1. The Hall–Kier alpha value is -3.54. The highest BCUT2D eigenvalue weighted by Crippen LogP contribution is 2.38. The van der Waals surface area contributed by atoms with Crippen LogP contribution in [0.4, 0.5) is 23.2 Å². The number of aliphatic hydroxyl groups excluding tert-OH is 1. The summed E-state index contributed by atoms with van der Waals surface area (Å²) in [5.74, 6) is -1.84. The number of aliphatic hydroxyl groups is 1. The quantitative estimate of drug-likeness (QED) is 0.446. The van der Waals surface area contributed by atoms with Gasteiger partial charge in [-0.15, -0.1) is 0 Å². The van der Waals surface area contributed by atoms with Gasteiger partial charge in [-0.2, -0.15) is 18.3 Å². The zero-order valence-corrected chi connectivity index (χ0v) is 18.5. The Morgan fingerprint density at radius 3 is 2.54 bits per heavy atom. The van der Waals surface area contributed by atoms with Crippen LogP contribution in [0.5, 0.6) is 0 Å². The molecule has 0 spiro atoms. The SMILES string of the molecule is C=C(F)C(=O)N1CC(n2nc(-c3ccc(C(F)(F)F)nc3)c3nccc(N4CCCC(O)C4)c32)C1. The molecule has 8 nitrogen and oxygen atoms in total. The molecule has 12 heteroatoms. The van der Waals surface area contributed by atoms with Crippen molar-refractivity contribution in [3.8, 4) is 11.3 Å². The minimum absolute atomic E-state index is 0.195. The molecule has 3 aromatic heterocycles. The Morgan fingerprint density at radius 2 is 1.91 bits per heavy atom. The van der Waals surface area contributed by atoms with Crippen LogP contribution in [-0.4, -0.2) is 67.9 Å². The van der Waals surface area contributed by atoms with Crippen LogP contribution in [-0.2, 0) is 11.0 Å². The third kappa shape index (κ3) is 4.22. The van der Waals surface area contributed by atoms with Crippen LogP contribution in [0.1, 0.15) is 24.6 Å². The predicted octanol–water partition coefficient (Wildman–Crippen LogP) is 3.34. The summed E-state index contributed by atoms with van der Waals surface area (Å²) >= 11 is 0. The van der Waals surface area contributed by atoms with Gasteiger partial charge in [0.05, 0.1) is 17.8 Å². The molecular formula is C23H22F4N6O2. The fourth-order valence-corrected chi connectivity index (χ4v) is 4.58. The van der Waals surface area contributed by atoms with E-state index in [9.17, 15) is 27.5 Å². The van der Waals surface area contributed by atoms with Crippen molar-refractivity contribution in [1.82, 2.24) is 24.6 Å². The van der Waals surface area contributed by atoms with Crippen molar-refractivity contribution in [3.05, 3.63) is 48.7 Å². The minimum Gasteiger partial charge on any atom is -0.391 e. The Labute approximate surface area is 197 Å². The molecule has 3 aromatic rings. The fourth-order valence-electron chi connectivity index (χ4n) is 4.58. The average molecular weight is 490 g/mol. The van der Waals surface area contributed by atoms with E-state index in [-0.39, 0.29) is 19.1 Å². The lowest BCUT2D eigenvalue weighted by Crippen LogP contribution is -2.51. The number of carbonyl (C=O) groups excluding carboxylic acids is 1. The van der Waals surface area contributed by atoms with E-state index in [1.807, 2.05) is 4.90 Å². The molecule has 35 heavy (non-hydrogen) atoms. The smallest absolute Gasteiger partial charge is 0.391 e. The maximum atomic E-state index is 13.3. The van der Waals surface area contributed by atoms with Gasteiger partial charge in [-0.3, -0.25) is 19.4 Å². The summed E-state index contributed by atoms with van der Waals surface area (Å²) in [6.07, 6.45) is -0.872. The van der Waals surface area contributed by atoms with Gasteiger partial charge in [0.25, 0.3) is 5.91 Å². The summed E-state index contributed by atoms with van der Waals surface area (Å²) in [5, 5.41) is 14.9. The Morgan fingerprint density at radius 1 is 1.14 bits per heavy atom. The van der Waals surface area contributed by atoms with Gasteiger partial charge in [0.15, 0.2) is 5.83 Å². The molecule has 2 aliphatic rings. The van der Waals surface area contributed by atoms with E-state index in [0.29, 0.717) is 41.8 Å². The number of piperidine rings is 1. The highest BCUT2D eigenvalue weighted by Gasteiger charge is 2.37. The van der Waals surface area contributed by atoms with Crippen LogP contribution >= 0.6 is 0 Å². The van der Waals surface area contributed by atoms with Gasteiger partial charge >= 0.3 is 6.18 Å². The summed E-state index contributed by atoms with van der Waals surface area (Å²) in [7, 11) is 0. The van der Waals surface area contributed by atoms with Crippen molar-refractivity contribution in [2.75, 3.05) is 31.1 Å². The molecule has 0 aliphatic carbocycles. The number of hydrogen-bond donors (Lipinski definition) is 1. The van der Waals surface area contributed by atoms with E-state index in [4.69, 9.17) is 0 Å². The lowest BCUT2D eigenvalue weighted by molar-refractivity contribution is -0.141. The van der Waals surface area contributed by atoms with E-state index in [1.165, 1.54) is 11.0 Å². The second kappa shape index (κ2) is 8.59. The Kier molecular flexibility index (Phi) is 5.70. The number of likely N-dealkylation sites (tertiary alicyclic amines) is 1. The van der Waals surface area contributed by atoms with Crippen molar-refractivity contribution in [3.63, 3.8) is 0 Å². The summed E-state index contributed by atoms with van der Waals surface area (Å²) in [6.45, 7) is 4.56. The summed E-state index contributed by atoms with van der Waals surface area (Å²) in [5.41, 5.74) is 1.55. The molecule has 1 unspecified atom stereocenters. The first-order valence-corrected chi connectivity index (χ1v) is 11.1. The second-order valence-electron chi connectivity index (χ2n) is 8.76. The molecule has 0 aromatic carbocycles. The van der Waals surface area contributed by atoms with Crippen molar-refractivity contribution in [2.24, 2.45) is 0 Å². The predicted molar refractivity (Wildman–Crippen MR) is 119 cm³/mol. The van der Waals surface area contributed by atoms with Gasteiger partial charge in [-0.05, 0) is 31.0 Å². The molecule has 1 atom stereocenters. The molecule has 0 saturated carbocycles. The summed E-state index contributed by atoms with van der Waals surface area (Å²) in [6, 6.07) is 3.69. The normalized spacial score (nSPS) is 19.2. The molecule has 0 radical (unpaired) electrons. The fraction of sp³-hybridized carbons (Fsp3) is 0.391. The number of rotatable bonds is 4. The molecule has 2 saturated heterocycles. The molecule has 2 aliphatic heterocycles. The Bertz CT molecular complexity index is 1280. The third-order valence-corrected chi connectivity index (χ3v) is 6.36. The molecule has 1 amide bonds. The minimum atomic E-state index is -4.57. The van der Waals surface area contributed by atoms with Crippen LogP contribution in [0.15, 0.2) is 43.0 Å². The van der Waals surface area contributed by atoms with E-state index in [0.717, 1.165) is 24.4 Å². The largest absolute Gasteiger partial charge is 0.433 e. The van der Waals surface area contributed by atoms with Gasteiger partial charge in [0.2, 0.25) is 0 Å².